The van der Waals surface area contributed by atoms with Crippen LogP contribution in [0.4, 0.5) is 0 Å². The molecule has 0 unspecified atom stereocenters. The number of phenols is 3. The number of nitrogens with two attached hydrogens (primary N) is 2. The fourth-order valence-electron chi connectivity index (χ4n) is 16.2. The number of rotatable bonds is 23. The number of benzene rings is 6. The molecule has 8 aliphatic heterocycles. The minimum atomic E-state index is -2.38. The third kappa shape index (κ3) is 21.3. The zero-order chi connectivity index (χ0) is 90.5. The molecular weight excluding hydrogens is 1650 g/mol. The van der Waals surface area contributed by atoms with E-state index in [2.05, 4.69) is 54.8 Å². The summed E-state index contributed by atoms with van der Waals surface area (Å²) in [5, 5.41) is 140. The van der Waals surface area contributed by atoms with Gasteiger partial charge < -0.3 is 148 Å². The van der Waals surface area contributed by atoms with Crippen LogP contribution < -0.4 is 73.5 Å². The van der Waals surface area contributed by atoms with Crippen molar-refractivity contribution >= 4 is 64.8 Å². The van der Waals surface area contributed by atoms with Crippen LogP contribution in [-0.2, 0) is 79.8 Å². The van der Waals surface area contributed by atoms with Crippen LogP contribution in [0.15, 0.2) is 109 Å². The fourth-order valence-corrected chi connectivity index (χ4v) is 16.4. The number of nitrogens with one attached hydrogen (secondary N) is 9. The van der Waals surface area contributed by atoms with Crippen molar-refractivity contribution in [3.63, 3.8) is 0 Å². The lowest BCUT2D eigenvalue weighted by Crippen LogP contribution is -2.66. The Balaban J connectivity index is 1.05. The number of aliphatic hydroxyl groups excluding tert-OH is 6. The van der Waals surface area contributed by atoms with Gasteiger partial charge in [0.05, 0.1) is 54.5 Å². The second-order valence-electron chi connectivity index (χ2n) is 33.1. The molecule has 0 spiro atoms. The van der Waals surface area contributed by atoms with E-state index < -0.39 is 256 Å². The first-order chi connectivity index (χ1) is 59.2. The second kappa shape index (κ2) is 39.3. The van der Waals surface area contributed by atoms with Gasteiger partial charge in [-0.1, -0.05) is 87.3 Å². The van der Waals surface area contributed by atoms with Crippen molar-refractivity contribution in [2.45, 2.75) is 233 Å². The van der Waals surface area contributed by atoms with Gasteiger partial charge in [-0.05, 0) is 148 Å². The summed E-state index contributed by atoms with van der Waals surface area (Å²) < 4.78 is 52.6. The van der Waals surface area contributed by atoms with Gasteiger partial charge >= 0.3 is 5.97 Å². The van der Waals surface area contributed by atoms with Crippen LogP contribution in [0, 0.1) is 5.92 Å². The van der Waals surface area contributed by atoms with Crippen LogP contribution in [0.5, 0.6) is 46.0 Å². The summed E-state index contributed by atoms with van der Waals surface area (Å²) in [6.45, 7) is 10.8. The van der Waals surface area contributed by atoms with Gasteiger partial charge in [-0.2, -0.15) is 0 Å². The zero-order valence-electron chi connectivity index (χ0n) is 69.5. The number of likely N-dealkylation sites (N-methyl/N-ethyl adjacent to an activating group) is 1. The molecule has 38 nitrogen and oxygen atoms in total. The lowest BCUT2D eigenvalue weighted by Gasteiger charge is -2.48. The maximum absolute atomic E-state index is 16.5. The minimum absolute atomic E-state index is 0.0578. The van der Waals surface area contributed by atoms with Crippen LogP contribution >= 0.6 is 11.6 Å². The molecule has 0 radical (unpaired) electrons. The molecule has 125 heavy (non-hydrogen) atoms. The van der Waals surface area contributed by atoms with Crippen molar-refractivity contribution in [1.82, 2.24) is 47.9 Å². The normalized spacial score (nSPS) is 29.7. The Hall–Kier alpha value is -10.9. The number of amides is 8. The van der Waals surface area contributed by atoms with Gasteiger partial charge in [-0.15, -0.1) is 0 Å². The molecule has 22 atom stereocenters. The number of carbonyl (C=O) groups excluding carboxylic acids is 8. The molecule has 3 fully saturated rings. The number of carboxylic acids is 1. The molecule has 0 aliphatic carbocycles. The van der Waals surface area contributed by atoms with Crippen LogP contribution in [0.2, 0.25) is 5.02 Å². The van der Waals surface area contributed by atoms with Crippen molar-refractivity contribution in [3.8, 4) is 57.1 Å². The molecular formula is C86H106ClN11O27. The van der Waals surface area contributed by atoms with E-state index in [-0.39, 0.29) is 64.9 Å². The first-order valence-corrected chi connectivity index (χ1v) is 41.3. The number of carboxylic acid groups (broad SMARTS) is 1. The highest BCUT2D eigenvalue weighted by Crippen LogP contribution is 2.50. The summed E-state index contributed by atoms with van der Waals surface area (Å²) in [5.41, 5.74) is 8.92. The number of aromatic hydroxyl groups is 3. The summed E-state index contributed by atoms with van der Waals surface area (Å²) in [6.07, 6.45) is -20.5. The van der Waals surface area contributed by atoms with Crippen molar-refractivity contribution in [2.75, 3.05) is 20.2 Å². The van der Waals surface area contributed by atoms with Gasteiger partial charge in [0.15, 0.2) is 36.2 Å². The van der Waals surface area contributed by atoms with E-state index in [9.17, 15) is 70.2 Å². The topological polar surface area (TPSA) is 590 Å². The molecule has 0 saturated carbocycles. The van der Waals surface area contributed by atoms with E-state index in [1.54, 1.807) is 0 Å². The van der Waals surface area contributed by atoms with Crippen LogP contribution in [0.25, 0.3) is 11.1 Å². The van der Waals surface area contributed by atoms with Gasteiger partial charge in [0.25, 0.3) is 0 Å². The van der Waals surface area contributed by atoms with Gasteiger partial charge in [-0.3, -0.25) is 38.4 Å². The number of fused-ring (bicyclic) bond motifs is 15. The third-order valence-electron chi connectivity index (χ3n) is 22.9. The molecule has 14 rings (SSSR count). The predicted molar refractivity (Wildman–Crippen MR) is 441 cm³/mol. The highest BCUT2D eigenvalue weighted by Gasteiger charge is 2.53. The monoisotopic (exact) mass is 1760 g/mol. The van der Waals surface area contributed by atoms with Crippen molar-refractivity contribution in [3.05, 3.63) is 153 Å². The smallest absolute Gasteiger partial charge is 0.330 e. The Morgan fingerprint density at radius 3 is 1.97 bits per heavy atom. The average Bonchev–Trinajstić information content (AvgIpc) is 0.768. The Labute approximate surface area is 722 Å². The van der Waals surface area contributed by atoms with Crippen LogP contribution in [-0.4, -0.2) is 227 Å². The summed E-state index contributed by atoms with van der Waals surface area (Å²) in [6, 6.07) is 9.25. The van der Waals surface area contributed by atoms with Gasteiger partial charge in [0, 0.05) is 47.7 Å². The SMILES string of the molecule is CCCCc1ccc(CNCC(=O)N[C@@]2(C)C[C@H](O[C@H]3[C@H](Oc4c5cc6cc4Oc4ccc(cc4Cl)[C@@H](O)[C@@H](NC(=O)[C@@H](CC(C)C)NC)C(=O)N[C@@H](CC(N)=O)C(=O)N[C@H]6C(=O)N[C@H]4C(=O)N[C@H](C(=O)N[C@H](C(=O)O)c6cc(O)cc(O)c6-c6cc4ccc6O)[C@H](O[C@H]4C[C@](C)(N)[C@@H](O)[C@H](C)O4)c4ccc(cc4)O5)O[C@H](CO)[C@@H](O)[C@@H]3O)O[C@@H](C)[C@@H]2O)cc1. The van der Waals surface area contributed by atoms with Gasteiger partial charge in [0.2, 0.25) is 59.3 Å². The van der Waals surface area contributed by atoms with E-state index in [0.29, 0.717) is 6.54 Å². The van der Waals surface area contributed by atoms with Crippen LogP contribution in [0.3, 0.4) is 0 Å². The molecule has 8 heterocycles. The summed E-state index contributed by atoms with van der Waals surface area (Å²) in [5.74, 6) is -16.3. The molecule has 6 aromatic rings. The standard InChI is InChI=1S/C86H106ClN11O27/c1-9-10-11-40-12-14-41(15-13-40)34-91-35-60(104)98-86(7)33-62(119-39(5)76(86)109)124-74-71(107)70(106)58(36-99)122-84(74)125-73-56-27-45-28-57(73)121-55-23-19-44(26-50(55)87)69(105)67(96-77(110)51(90-8)24-37(2)3)81(114)92-52(31-59(88)103)78(111)93-65(45)80(113)94-64-43-18-22-53(101)48(25-43)63-49(29-46(100)30-54(63)102)66(83(116)117)95-82(115)68(97-79(64)112)72(42-16-20-47(120-56)21-17-42)123-61-32-85(6,89)75(108)38(4)118-61/h12-23,25-30,37-39,51-52,58,61-62,64-72,74-76,84,90-91,99-102,105-109H,9-11,24,31-36,89H2,1-8H3,(H2,88,103)(H,92,114)(H,93,111)(H,94,113)(H,95,115)(H,96,110)(H,97,112)(H,98,104)(H,116,117)/t38-,39-,51+,52-,58+,61-,62-,64+,65+,66-,67+,68-,69+,70+,71-,72+,74+,75-,76-,84-,85-,86-/m0/s1. The zero-order valence-corrected chi connectivity index (χ0v) is 70.3. The van der Waals surface area contributed by atoms with E-state index in [1.807, 2.05) is 38.1 Å². The molecule has 39 heteroatoms. The van der Waals surface area contributed by atoms with Gasteiger partial charge in [0.1, 0.15) is 95.6 Å². The number of aliphatic carboxylic acids is 1. The summed E-state index contributed by atoms with van der Waals surface area (Å²) in [4.78, 5) is 135. The first kappa shape index (κ1) is 93.2. The van der Waals surface area contributed by atoms with E-state index in [0.717, 1.165) is 73.4 Å². The number of phenolic OH excluding ortho intramolecular Hbond substituents is 3. The van der Waals surface area contributed by atoms with Crippen molar-refractivity contribution < 1.29 is 132 Å². The lowest BCUT2D eigenvalue weighted by atomic mass is 9.85. The predicted octanol–water partition coefficient (Wildman–Crippen LogP) is 1.98. The number of hydrogen-bond donors (Lipinski definition) is 21. The van der Waals surface area contributed by atoms with Crippen molar-refractivity contribution in [2.24, 2.45) is 17.4 Å². The number of ether oxygens (including phenoxy) is 8. The highest BCUT2D eigenvalue weighted by atomic mass is 35.5. The molecule has 8 aliphatic rings. The van der Waals surface area contributed by atoms with Crippen molar-refractivity contribution in [1.29, 1.82) is 0 Å². The lowest BCUT2D eigenvalue weighted by molar-refractivity contribution is -0.334. The number of carbonyl (C=O) groups is 9. The third-order valence-corrected chi connectivity index (χ3v) is 23.2. The molecule has 11 bridgehead atoms. The van der Waals surface area contributed by atoms with E-state index in [4.69, 9.17) is 61.0 Å². The molecule has 23 N–H and O–H groups in total. The Morgan fingerprint density at radius 1 is 0.680 bits per heavy atom. The maximum Gasteiger partial charge on any atom is 0.330 e. The Bertz CT molecular complexity index is 4990. The molecule has 3 saturated heterocycles. The summed E-state index contributed by atoms with van der Waals surface area (Å²) in [7, 11) is 1.47. The number of halogens is 1. The number of aryl methyl sites for hydroxylation is 1. The fraction of sp³-hybridized carbons (Fsp3) is 0.477. The quantitative estimate of drug-likeness (QED) is 0.0436. The minimum Gasteiger partial charge on any atom is -0.508 e. The van der Waals surface area contributed by atoms with Gasteiger partial charge in [-0.25, -0.2) is 4.79 Å². The number of unbranched alkanes of at least 4 members (excludes halogenated alkanes) is 1. The molecule has 0 aromatic heterocycles. The highest BCUT2D eigenvalue weighted by molar-refractivity contribution is 6.32. The molecule has 8 amide bonds. The number of hydrogen-bond acceptors (Lipinski definition) is 29. The van der Waals surface area contributed by atoms with E-state index >= 15 is 24.0 Å². The average molecular weight is 1760 g/mol. The van der Waals surface area contributed by atoms with Crippen LogP contribution in [0.1, 0.15) is 156 Å². The second-order valence-corrected chi connectivity index (χ2v) is 33.5. The van der Waals surface area contributed by atoms with E-state index in [1.165, 1.54) is 76.7 Å². The summed E-state index contributed by atoms with van der Waals surface area (Å²) >= 11 is 7.21. The largest absolute Gasteiger partial charge is 0.508 e. The Morgan fingerprint density at radius 2 is 1.32 bits per heavy atom. The number of primary amides is 1. The Kier molecular flexibility index (Phi) is 29.3. The molecule has 674 valence electrons. The number of aliphatic hydroxyl groups is 6. The maximum atomic E-state index is 16.5. The molecule has 6 aromatic carbocycles. The first-order valence-electron chi connectivity index (χ1n) is 40.9.